The summed E-state index contributed by atoms with van der Waals surface area (Å²) in [5.41, 5.74) is 2.40. The molecule has 2 heterocycles. The summed E-state index contributed by atoms with van der Waals surface area (Å²) in [7, 11) is 0. The molecule has 0 radical (unpaired) electrons. The van der Waals surface area contributed by atoms with Crippen LogP contribution in [0.15, 0.2) is 29.8 Å². The number of hydrogen-bond acceptors (Lipinski definition) is 3. The second-order valence-corrected chi connectivity index (χ2v) is 6.39. The van der Waals surface area contributed by atoms with Crippen LogP contribution in [-0.4, -0.2) is 34.7 Å². The molecule has 0 atom stereocenters. The Morgan fingerprint density at radius 1 is 1.41 bits per heavy atom. The van der Waals surface area contributed by atoms with Crippen molar-refractivity contribution in [1.82, 2.24) is 9.88 Å². The largest absolute Gasteiger partial charge is 0.444 e. The van der Waals surface area contributed by atoms with Crippen molar-refractivity contribution in [3.05, 3.63) is 41.2 Å². The van der Waals surface area contributed by atoms with E-state index in [1.807, 2.05) is 52.0 Å². The van der Waals surface area contributed by atoms with Gasteiger partial charge in [-0.25, -0.2) is 9.78 Å². The minimum Gasteiger partial charge on any atom is -0.444 e. The molecule has 116 valence electrons. The van der Waals surface area contributed by atoms with Gasteiger partial charge in [-0.15, -0.1) is 0 Å². The first-order valence-corrected chi connectivity index (χ1v) is 7.44. The second kappa shape index (κ2) is 6.65. The van der Waals surface area contributed by atoms with Crippen molar-refractivity contribution in [2.24, 2.45) is 0 Å². The zero-order valence-corrected chi connectivity index (χ0v) is 13.6. The van der Waals surface area contributed by atoms with Gasteiger partial charge in [0.05, 0.1) is 0 Å². The number of hydrogen-bond donors (Lipinski definition) is 0. The van der Waals surface area contributed by atoms with Crippen LogP contribution in [0.4, 0.5) is 4.79 Å². The highest BCUT2D eigenvalue weighted by molar-refractivity contribution is 5.69. The molecule has 0 aromatic carbocycles. The molecule has 2 rings (SSSR count). The molecule has 1 aromatic heterocycles. The fourth-order valence-corrected chi connectivity index (χ4v) is 2.11. The van der Waals surface area contributed by atoms with Gasteiger partial charge in [0.15, 0.2) is 0 Å². The summed E-state index contributed by atoms with van der Waals surface area (Å²) in [4.78, 5) is 18.0. The normalized spacial score (nSPS) is 16.4. The second-order valence-electron chi connectivity index (χ2n) is 6.39. The maximum absolute atomic E-state index is 12.0. The Morgan fingerprint density at radius 2 is 2.18 bits per heavy atom. The van der Waals surface area contributed by atoms with Crippen molar-refractivity contribution in [1.29, 1.82) is 0 Å². The van der Waals surface area contributed by atoms with Gasteiger partial charge in [-0.2, -0.15) is 0 Å². The van der Waals surface area contributed by atoms with Crippen molar-refractivity contribution >= 4 is 6.09 Å². The number of rotatable bonds is 0. The predicted octanol–water partition coefficient (Wildman–Crippen LogP) is 3.31. The van der Waals surface area contributed by atoms with Crippen molar-refractivity contribution in [3.63, 3.8) is 0 Å². The molecule has 1 aliphatic heterocycles. The molecule has 1 aliphatic rings. The molecule has 22 heavy (non-hydrogen) atoms. The number of likely N-dealkylation sites (tertiary alicyclic amines) is 1. The van der Waals surface area contributed by atoms with Gasteiger partial charge in [-0.05, 0) is 63.8 Å². The van der Waals surface area contributed by atoms with Gasteiger partial charge in [0.2, 0.25) is 0 Å². The Balaban J connectivity index is 1.95. The van der Waals surface area contributed by atoms with Gasteiger partial charge in [0.1, 0.15) is 11.3 Å². The first kappa shape index (κ1) is 16.1. The zero-order chi connectivity index (χ0) is 16.2. The van der Waals surface area contributed by atoms with E-state index in [4.69, 9.17) is 4.74 Å². The van der Waals surface area contributed by atoms with Gasteiger partial charge < -0.3 is 9.64 Å². The summed E-state index contributed by atoms with van der Waals surface area (Å²) in [6, 6.07) is 5.78. The summed E-state index contributed by atoms with van der Waals surface area (Å²) in [6.45, 7) is 8.84. The maximum atomic E-state index is 12.0. The van der Waals surface area contributed by atoms with E-state index in [2.05, 4.69) is 16.8 Å². The van der Waals surface area contributed by atoms with Crippen LogP contribution in [-0.2, 0) is 4.74 Å². The summed E-state index contributed by atoms with van der Waals surface area (Å²) >= 11 is 0. The van der Waals surface area contributed by atoms with Crippen molar-refractivity contribution in [3.8, 4) is 11.8 Å². The summed E-state index contributed by atoms with van der Waals surface area (Å²) < 4.78 is 5.37. The molecule has 4 heteroatoms. The molecular weight excluding hydrogens is 276 g/mol. The van der Waals surface area contributed by atoms with Crippen LogP contribution < -0.4 is 0 Å². The molecule has 4 nitrogen and oxygen atoms in total. The quantitative estimate of drug-likeness (QED) is 0.690. The Kier molecular flexibility index (Phi) is 4.87. The number of ether oxygens (including phenoxy) is 1. The van der Waals surface area contributed by atoms with Crippen molar-refractivity contribution in [2.75, 3.05) is 13.1 Å². The lowest BCUT2D eigenvalue weighted by molar-refractivity contribution is 0.0299. The zero-order valence-electron chi connectivity index (χ0n) is 13.6. The number of nitrogens with zero attached hydrogens (tertiary/aromatic N) is 2. The minimum absolute atomic E-state index is 0.260. The molecule has 0 spiro atoms. The summed E-state index contributed by atoms with van der Waals surface area (Å²) in [5.74, 6) is 6.05. The fourth-order valence-electron chi connectivity index (χ4n) is 2.11. The standard InChI is InChI=1S/C18H22N2O2/c1-14-7-5-9-16(19-14)10-6-8-15-11-12-20(13-15)17(21)22-18(2,3)4/h5,7-9H,11-13H2,1-4H3/b15-8+. The molecule has 0 bridgehead atoms. The molecule has 0 unspecified atom stereocenters. The smallest absolute Gasteiger partial charge is 0.410 e. The lowest BCUT2D eigenvalue weighted by Crippen LogP contribution is -2.34. The molecule has 1 aromatic rings. The number of aromatic nitrogens is 1. The highest BCUT2D eigenvalue weighted by Crippen LogP contribution is 2.18. The Morgan fingerprint density at radius 3 is 2.86 bits per heavy atom. The Bertz CT molecular complexity index is 645. The van der Waals surface area contributed by atoms with Crippen LogP contribution in [0.5, 0.6) is 0 Å². The van der Waals surface area contributed by atoms with E-state index in [1.54, 1.807) is 4.90 Å². The van der Waals surface area contributed by atoms with Crippen LogP contribution in [0, 0.1) is 18.8 Å². The number of pyridine rings is 1. The first-order valence-electron chi connectivity index (χ1n) is 7.44. The number of allylic oxidation sites excluding steroid dienone is 1. The molecule has 0 N–H and O–H groups in total. The number of aryl methyl sites for hydroxylation is 1. The Hall–Kier alpha value is -2.28. The van der Waals surface area contributed by atoms with Gasteiger partial charge in [0, 0.05) is 18.8 Å². The van der Waals surface area contributed by atoms with Gasteiger partial charge in [-0.3, -0.25) is 0 Å². The highest BCUT2D eigenvalue weighted by Gasteiger charge is 2.26. The molecule has 0 saturated carbocycles. The monoisotopic (exact) mass is 298 g/mol. The minimum atomic E-state index is -0.458. The SMILES string of the molecule is Cc1cccc(C#C/C=C2\CCN(C(=O)OC(C)(C)C)C2)n1. The average molecular weight is 298 g/mol. The van der Waals surface area contributed by atoms with E-state index in [1.165, 1.54) is 0 Å². The van der Waals surface area contributed by atoms with Crippen molar-refractivity contribution in [2.45, 2.75) is 39.7 Å². The third-order valence-electron chi connectivity index (χ3n) is 3.11. The van der Waals surface area contributed by atoms with Crippen LogP contribution in [0.3, 0.4) is 0 Å². The third kappa shape index (κ3) is 4.92. The fraction of sp³-hybridized carbons (Fsp3) is 0.444. The van der Waals surface area contributed by atoms with E-state index in [0.717, 1.165) is 23.4 Å². The van der Waals surface area contributed by atoms with Crippen LogP contribution in [0.1, 0.15) is 38.6 Å². The van der Waals surface area contributed by atoms with E-state index in [-0.39, 0.29) is 6.09 Å². The summed E-state index contributed by atoms with van der Waals surface area (Å²) in [6.07, 6.45) is 2.47. The predicted molar refractivity (Wildman–Crippen MR) is 86.4 cm³/mol. The van der Waals surface area contributed by atoms with Crippen LogP contribution in [0.2, 0.25) is 0 Å². The van der Waals surface area contributed by atoms with Crippen molar-refractivity contribution < 1.29 is 9.53 Å². The Labute approximate surface area is 132 Å². The molecule has 1 amide bonds. The van der Waals surface area contributed by atoms with E-state index >= 15 is 0 Å². The van der Waals surface area contributed by atoms with E-state index in [9.17, 15) is 4.79 Å². The third-order valence-corrected chi connectivity index (χ3v) is 3.11. The molecule has 1 saturated heterocycles. The molecule has 1 fully saturated rings. The van der Waals surface area contributed by atoms with E-state index in [0.29, 0.717) is 13.1 Å². The first-order chi connectivity index (χ1) is 10.3. The van der Waals surface area contributed by atoms with E-state index < -0.39 is 5.60 Å². The number of carbonyl (C=O) groups is 1. The number of amides is 1. The lowest BCUT2D eigenvalue weighted by atomic mass is 10.2. The number of carbonyl (C=O) groups excluding carboxylic acids is 1. The summed E-state index contributed by atoms with van der Waals surface area (Å²) in [5, 5.41) is 0. The highest BCUT2D eigenvalue weighted by atomic mass is 16.6. The van der Waals surface area contributed by atoms with Gasteiger partial charge in [-0.1, -0.05) is 12.0 Å². The van der Waals surface area contributed by atoms with Crippen LogP contribution >= 0.6 is 0 Å². The van der Waals surface area contributed by atoms with Gasteiger partial charge >= 0.3 is 6.09 Å². The molecular formula is C18H22N2O2. The van der Waals surface area contributed by atoms with Crippen LogP contribution in [0.25, 0.3) is 0 Å². The lowest BCUT2D eigenvalue weighted by Gasteiger charge is -2.23. The average Bonchev–Trinajstić information content (AvgIpc) is 2.86. The molecule has 0 aliphatic carbocycles. The maximum Gasteiger partial charge on any atom is 0.410 e. The van der Waals surface area contributed by atoms with Gasteiger partial charge in [0.25, 0.3) is 0 Å². The topological polar surface area (TPSA) is 42.4 Å².